The number of aryl methyl sites for hydroxylation is 1. The Morgan fingerprint density at radius 1 is 1.70 bits per heavy atom. The zero-order valence-electron chi connectivity index (χ0n) is 5.55. The second-order valence-electron chi connectivity index (χ2n) is 1.92. The average molecular weight is 137 g/mol. The van der Waals surface area contributed by atoms with Crippen molar-refractivity contribution < 1.29 is 9.21 Å². The van der Waals surface area contributed by atoms with Crippen molar-refractivity contribution >= 4 is 12.0 Å². The molecule has 0 amide bonds. The third-order valence-electron chi connectivity index (χ3n) is 1.11. The van der Waals surface area contributed by atoms with E-state index in [9.17, 15) is 4.79 Å². The van der Waals surface area contributed by atoms with Crippen molar-refractivity contribution in [2.45, 2.75) is 6.92 Å². The third kappa shape index (κ3) is 1.13. The molecule has 1 aromatic heterocycles. The molecule has 10 heavy (non-hydrogen) atoms. The Hall–Kier alpha value is -1.38. The lowest BCUT2D eigenvalue weighted by Gasteiger charge is -1.83. The van der Waals surface area contributed by atoms with Crippen LogP contribution in [0.15, 0.2) is 16.5 Å². The van der Waals surface area contributed by atoms with E-state index in [4.69, 9.17) is 9.83 Å². The molecule has 3 heteroatoms. The van der Waals surface area contributed by atoms with Gasteiger partial charge in [-0.05, 0) is 19.1 Å². The molecule has 1 rings (SSSR count). The van der Waals surface area contributed by atoms with Crippen LogP contribution in [-0.4, -0.2) is 12.0 Å². The van der Waals surface area contributed by atoms with E-state index in [0.717, 1.165) is 6.21 Å². The van der Waals surface area contributed by atoms with Crippen molar-refractivity contribution in [3.63, 3.8) is 0 Å². The molecule has 1 heterocycles. The summed E-state index contributed by atoms with van der Waals surface area (Å²) in [6, 6.07) is 3.25. The van der Waals surface area contributed by atoms with Crippen LogP contribution in [0.3, 0.4) is 0 Å². The number of rotatable bonds is 2. The first kappa shape index (κ1) is 6.74. The molecule has 1 N–H and O–H groups in total. The Balaban J connectivity index is 2.95. The molecular formula is C7H7NO2. The molecule has 0 spiro atoms. The smallest absolute Gasteiger partial charge is 0.238 e. The van der Waals surface area contributed by atoms with E-state index < -0.39 is 5.78 Å². The highest BCUT2D eigenvalue weighted by Crippen LogP contribution is 2.05. The number of carbonyl (C=O) groups is 1. The molecular weight excluding hydrogens is 130 g/mol. The van der Waals surface area contributed by atoms with Crippen molar-refractivity contribution in [3.8, 4) is 0 Å². The monoisotopic (exact) mass is 137 g/mol. The molecule has 0 bridgehead atoms. The summed E-state index contributed by atoms with van der Waals surface area (Å²) in [6.07, 6.45) is 0.734. The Morgan fingerprint density at radius 2 is 2.40 bits per heavy atom. The molecule has 0 unspecified atom stereocenters. The molecule has 1 aromatic rings. The molecule has 0 aromatic carbocycles. The van der Waals surface area contributed by atoms with Gasteiger partial charge in [0.1, 0.15) is 5.76 Å². The summed E-state index contributed by atoms with van der Waals surface area (Å²) in [5, 5.41) is 6.62. The summed E-state index contributed by atoms with van der Waals surface area (Å²) in [7, 11) is 0. The van der Waals surface area contributed by atoms with E-state index in [2.05, 4.69) is 0 Å². The molecule has 0 radical (unpaired) electrons. The Kier molecular flexibility index (Phi) is 1.67. The van der Waals surface area contributed by atoms with Gasteiger partial charge in [-0.25, -0.2) is 0 Å². The molecule has 0 atom stereocenters. The summed E-state index contributed by atoms with van der Waals surface area (Å²) >= 11 is 0. The minimum Gasteiger partial charge on any atom is -0.458 e. The first-order valence-electron chi connectivity index (χ1n) is 2.85. The van der Waals surface area contributed by atoms with Gasteiger partial charge in [0.25, 0.3) is 0 Å². The molecule has 0 aliphatic carbocycles. The van der Waals surface area contributed by atoms with Gasteiger partial charge in [-0.1, -0.05) is 0 Å². The van der Waals surface area contributed by atoms with Crippen molar-refractivity contribution in [1.29, 1.82) is 5.41 Å². The number of nitrogens with one attached hydrogen (secondary N) is 1. The largest absolute Gasteiger partial charge is 0.458 e. The summed E-state index contributed by atoms with van der Waals surface area (Å²) < 4.78 is 4.94. The molecule has 0 aliphatic heterocycles. The predicted molar refractivity (Wildman–Crippen MR) is 36.6 cm³/mol. The van der Waals surface area contributed by atoms with Crippen LogP contribution in [0.5, 0.6) is 0 Å². The zero-order valence-corrected chi connectivity index (χ0v) is 5.55. The highest BCUT2D eigenvalue weighted by molar-refractivity contribution is 6.33. The quantitative estimate of drug-likeness (QED) is 0.495. The van der Waals surface area contributed by atoms with Gasteiger partial charge in [0.15, 0.2) is 5.76 Å². The summed E-state index contributed by atoms with van der Waals surface area (Å²) in [6.45, 7) is 1.75. The van der Waals surface area contributed by atoms with E-state index >= 15 is 0 Å². The van der Waals surface area contributed by atoms with Crippen molar-refractivity contribution in [3.05, 3.63) is 23.7 Å². The maximum Gasteiger partial charge on any atom is 0.238 e. The second kappa shape index (κ2) is 2.47. The number of carbonyl (C=O) groups excluding carboxylic acids is 1. The van der Waals surface area contributed by atoms with E-state index in [1.54, 1.807) is 19.1 Å². The van der Waals surface area contributed by atoms with Crippen LogP contribution in [0.4, 0.5) is 0 Å². The Labute approximate surface area is 58.2 Å². The van der Waals surface area contributed by atoms with Crippen molar-refractivity contribution in [2.75, 3.05) is 0 Å². The van der Waals surface area contributed by atoms with E-state index in [0.29, 0.717) is 5.76 Å². The fourth-order valence-corrected chi connectivity index (χ4v) is 0.638. The van der Waals surface area contributed by atoms with E-state index in [1.807, 2.05) is 0 Å². The van der Waals surface area contributed by atoms with Gasteiger partial charge in [0, 0.05) is 0 Å². The molecule has 52 valence electrons. The van der Waals surface area contributed by atoms with Gasteiger partial charge in [-0.2, -0.15) is 0 Å². The lowest BCUT2D eigenvalue weighted by atomic mass is 10.3. The van der Waals surface area contributed by atoms with Crippen molar-refractivity contribution in [2.24, 2.45) is 0 Å². The van der Waals surface area contributed by atoms with Crippen LogP contribution in [0.2, 0.25) is 0 Å². The Bertz CT molecular complexity index is 262. The number of furan rings is 1. The van der Waals surface area contributed by atoms with Crippen LogP contribution in [0.1, 0.15) is 16.3 Å². The van der Waals surface area contributed by atoms with Crippen LogP contribution >= 0.6 is 0 Å². The van der Waals surface area contributed by atoms with E-state index in [1.165, 1.54) is 0 Å². The summed E-state index contributed by atoms with van der Waals surface area (Å²) in [4.78, 5) is 10.7. The summed E-state index contributed by atoms with van der Waals surface area (Å²) in [5.74, 6) is 0.519. The second-order valence-corrected chi connectivity index (χ2v) is 1.92. The minimum absolute atomic E-state index is 0.229. The number of Topliss-reactive ketones (excluding diaryl/α,β-unsaturated/α-hetero) is 1. The van der Waals surface area contributed by atoms with Crippen LogP contribution < -0.4 is 0 Å². The van der Waals surface area contributed by atoms with Gasteiger partial charge < -0.3 is 9.83 Å². The van der Waals surface area contributed by atoms with Crippen LogP contribution in [0.25, 0.3) is 0 Å². The molecule has 0 fully saturated rings. The molecule has 0 saturated carbocycles. The summed E-state index contributed by atoms with van der Waals surface area (Å²) in [5.41, 5.74) is 0. The van der Waals surface area contributed by atoms with Gasteiger partial charge in [0.2, 0.25) is 5.78 Å². The molecule has 0 aliphatic rings. The SMILES string of the molecule is Cc1ccc(C(=O)C=N)o1. The van der Waals surface area contributed by atoms with Gasteiger partial charge in [-0.15, -0.1) is 0 Å². The number of ketones is 1. The standard InChI is InChI=1S/C7H7NO2/c1-5-2-3-7(10-5)6(9)4-8/h2-4,8H,1H3. The zero-order chi connectivity index (χ0) is 7.56. The van der Waals surface area contributed by atoms with Crippen LogP contribution in [-0.2, 0) is 0 Å². The van der Waals surface area contributed by atoms with Gasteiger partial charge in [0.05, 0.1) is 6.21 Å². The fourth-order valence-electron chi connectivity index (χ4n) is 0.638. The van der Waals surface area contributed by atoms with Gasteiger partial charge >= 0.3 is 0 Å². The highest BCUT2D eigenvalue weighted by Gasteiger charge is 2.04. The highest BCUT2D eigenvalue weighted by atomic mass is 16.3. The number of hydrogen-bond donors (Lipinski definition) is 1. The average Bonchev–Trinajstić information content (AvgIpc) is 2.34. The first-order chi connectivity index (χ1) is 4.74. The lowest BCUT2D eigenvalue weighted by Crippen LogP contribution is -1.95. The van der Waals surface area contributed by atoms with Crippen molar-refractivity contribution in [1.82, 2.24) is 0 Å². The maximum atomic E-state index is 10.7. The third-order valence-corrected chi connectivity index (χ3v) is 1.11. The van der Waals surface area contributed by atoms with Gasteiger partial charge in [-0.3, -0.25) is 4.79 Å². The maximum absolute atomic E-state index is 10.7. The van der Waals surface area contributed by atoms with E-state index in [-0.39, 0.29) is 5.76 Å². The van der Waals surface area contributed by atoms with Crippen LogP contribution in [0, 0.1) is 12.3 Å². The predicted octanol–water partition coefficient (Wildman–Crippen LogP) is 1.42. The molecule has 0 saturated heterocycles. The lowest BCUT2D eigenvalue weighted by molar-refractivity contribution is 0.104. The normalized spacial score (nSPS) is 9.30. The number of hydrogen-bond acceptors (Lipinski definition) is 3. The minimum atomic E-state index is -0.395. The first-order valence-corrected chi connectivity index (χ1v) is 2.85. The molecule has 3 nitrogen and oxygen atoms in total. The Morgan fingerprint density at radius 3 is 2.80 bits per heavy atom. The topological polar surface area (TPSA) is 54.1 Å². The fraction of sp³-hybridized carbons (Fsp3) is 0.143.